The van der Waals surface area contributed by atoms with E-state index in [1.165, 1.54) is 5.56 Å². The van der Waals surface area contributed by atoms with Crippen LogP contribution in [0.25, 0.3) is 0 Å². The summed E-state index contributed by atoms with van der Waals surface area (Å²) in [5, 5.41) is 14.6. The number of nitrogens with one attached hydrogen (secondary N) is 1. The van der Waals surface area contributed by atoms with Gasteiger partial charge in [0.15, 0.2) is 0 Å². The second kappa shape index (κ2) is 5.24. The summed E-state index contributed by atoms with van der Waals surface area (Å²) >= 11 is 5.87. The predicted molar refractivity (Wildman–Crippen MR) is 78.6 cm³/mol. The van der Waals surface area contributed by atoms with Crippen molar-refractivity contribution in [3.63, 3.8) is 0 Å². The molecule has 2 aromatic rings. The zero-order valence-corrected chi connectivity index (χ0v) is 11.3. The van der Waals surface area contributed by atoms with Crippen molar-refractivity contribution in [3.05, 3.63) is 64.7 Å². The van der Waals surface area contributed by atoms with Gasteiger partial charge < -0.3 is 10.4 Å². The summed E-state index contributed by atoms with van der Waals surface area (Å²) in [6.45, 7) is 0. The minimum Gasteiger partial charge on any atom is -0.386 e. The fraction of sp³-hybridized carbons (Fsp3) is 0.250. The highest BCUT2D eigenvalue weighted by atomic mass is 35.5. The number of fused-ring (bicyclic) bond motifs is 1. The lowest BCUT2D eigenvalue weighted by molar-refractivity contribution is 0.149. The van der Waals surface area contributed by atoms with Gasteiger partial charge in [-0.15, -0.1) is 0 Å². The van der Waals surface area contributed by atoms with Gasteiger partial charge in [0.25, 0.3) is 0 Å². The maximum atomic E-state index is 10.5. The van der Waals surface area contributed by atoms with Crippen LogP contribution in [-0.4, -0.2) is 11.1 Å². The van der Waals surface area contributed by atoms with E-state index in [2.05, 4.69) is 23.5 Å². The summed E-state index contributed by atoms with van der Waals surface area (Å²) in [7, 11) is 0. The molecule has 1 heterocycles. The fourth-order valence-electron chi connectivity index (χ4n) is 2.59. The number of hydrogen-bond acceptors (Lipinski definition) is 2. The Kier molecular flexibility index (Phi) is 3.45. The minimum absolute atomic E-state index is 0.0519. The lowest BCUT2D eigenvalue weighted by Gasteiger charge is -2.30. The van der Waals surface area contributed by atoms with Crippen molar-refractivity contribution >= 4 is 17.3 Å². The average Bonchev–Trinajstić information content (AvgIpc) is 2.47. The molecule has 0 radical (unpaired) electrons. The lowest BCUT2D eigenvalue weighted by atomic mass is 9.92. The van der Waals surface area contributed by atoms with E-state index in [0.29, 0.717) is 5.02 Å². The van der Waals surface area contributed by atoms with E-state index in [1.54, 1.807) is 0 Å². The van der Waals surface area contributed by atoms with Crippen LogP contribution >= 0.6 is 11.6 Å². The monoisotopic (exact) mass is 273 g/mol. The molecular weight excluding hydrogens is 258 g/mol. The summed E-state index contributed by atoms with van der Waals surface area (Å²) in [6.07, 6.45) is 1.42. The number of aliphatic hydroxyl groups excluding tert-OH is 1. The van der Waals surface area contributed by atoms with Crippen molar-refractivity contribution in [1.29, 1.82) is 0 Å². The summed E-state index contributed by atoms with van der Waals surface area (Å²) in [5.41, 5.74) is 3.36. The van der Waals surface area contributed by atoms with Gasteiger partial charge in [-0.2, -0.15) is 0 Å². The SMILES string of the molecule is OC(c1ccc(Cl)cc1)C1CCc2ccccc2N1. The van der Waals surface area contributed by atoms with E-state index in [0.717, 1.165) is 24.1 Å². The molecule has 2 aromatic carbocycles. The van der Waals surface area contributed by atoms with Gasteiger partial charge in [0.05, 0.1) is 12.1 Å². The molecule has 0 saturated heterocycles. The average molecular weight is 274 g/mol. The van der Waals surface area contributed by atoms with Gasteiger partial charge in [0.1, 0.15) is 0 Å². The largest absolute Gasteiger partial charge is 0.386 e. The first-order chi connectivity index (χ1) is 9.24. The van der Waals surface area contributed by atoms with E-state index in [4.69, 9.17) is 11.6 Å². The van der Waals surface area contributed by atoms with Crippen molar-refractivity contribution in [2.75, 3.05) is 5.32 Å². The molecular formula is C16H16ClNO. The van der Waals surface area contributed by atoms with Crippen LogP contribution < -0.4 is 5.32 Å². The van der Waals surface area contributed by atoms with E-state index < -0.39 is 6.10 Å². The number of aliphatic hydroxyl groups is 1. The molecule has 2 nitrogen and oxygen atoms in total. The molecule has 0 bridgehead atoms. The molecule has 0 amide bonds. The number of rotatable bonds is 2. The molecule has 3 rings (SSSR count). The third-order valence-electron chi connectivity index (χ3n) is 3.68. The molecule has 0 saturated carbocycles. The first-order valence-corrected chi connectivity index (χ1v) is 6.90. The number of para-hydroxylation sites is 1. The Balaban J connectivity index is 1.79. The van der Waals surface area contributed by atoms with Crippen LogP contribution in [0.3, 0.4) is 0 Å². The molecule has 2 atom stereocenters. The Labute approximate surface area is 118 Å². The van der Waals surface area contributed by atoms with Gasteiger partial charge in [0.2, 0.25) is 0 Å². The number of anilines is 1. The van der Waals surface area contributed by atoms with Crippen molar-refractivity contribution < 1.29 is 5.11 Å². The fourth-order valence-corrected chi connectivity index (χ4v) is 2.72. The topological polar surface area (TPSA) is 32.3 Å². The van der Waals surface area contributed by atoms with E-state index >= 15 is 0 Å². The Morgan fingerprint density at radius 1 is 1.11 bits per heavy atom. The van der Waals surface area contributed by atoms with Crippen LogP contribution in [0, 0.1) is 0 Å². The summed E-state index contributed by atoms with van der Waals surface area (Å²) in [4.78, 5) is 0. The number of benzene rings is 2. The van der Waals surface area contributed by atoms with Crippen LogP contribution in [0.15, 0.2) is 48.5 Å². The highest BCUT2D eigenvalue weighted by Crippen LogP contribution is 2.30. The first kappa shape index (κ1) is 12.5. The molecule has 1 aliphatic heterocycles. The van der Waals surface area contributed by atoms with Crippen molar-refractivity contribution in [2.45, 2.75) is 25.0 Å². The van der Waals surface area contributed by atoms with Crippen LogP contribution in [0.4, 0.5) is 5.69 Å². The second-order valence-electron chi connectivity index (χ2n) is 4.94. The Morgan fingerprint density at radius 2 is 1.84 bits per heavy atom. The van der Waals surface area contributed by atoms with Gasteiger partial charge in [-0.1, -0.05) is 41.9 Å². The Bertz CT molecular complexity index is 567. The molecule has 0 aromatic heterocycles. The molecule has 3 heteroatoms. The molecule has 2 N–H and O–H groups in total. The smallest absolute Gasteiger partial charge is 0.0991 e. The predicted octanol–water partition coefficient (Wildman–Crippen LogP) is 3.80. The van der Waals surface area contributed by atoms with Crippen LogP contribution in [0.1, 0.15) is 23.7 Å². The Hall–Kier alpha value is -1.51. The van der Waals surface area contributed by atoms with Gasteiger partial charge >= 0.3 is 0 Å². The first-order valence-electron chi connectivity index (χ1n) is 6.52. The van der Waals surface area contributed by atoms with E-state index in [9.17, 15) is 5.11 Å². The van der Waals surface area contributed by atoms with E-state index in [1.807, 2.05) is 30.3 Å². The third kappa shape index (κ3) is 2.60. The summed E-state index contributed by atoms with van der Waals surface area (Å²) < 4.78 is 0. The molecule has 1 aliphatic rings. The van der Waals surface area contributed by atoms with Gasteiger partial charge in [-0.05, 0) is 42.2 Å². The zero-order valence-electron chi connectivity index (χ0n) is 10.5. The highest BCUT2D eigenvalue weighted by Gasteiger charge is 2.24. The van der Waals surface area contributed by atoms with Crippen molar-refractivity contribution in [2.24, 2.45) is 0 Å². The lowest BCUT2D eigenvalue weighted by Crippen LogP contribution is -2.31. The van der Waals surface area contributed by atoms with Gasteiger partial charge in [-0.25, -0.2) is 0 Å². The zero-order chi connectivity index (χ0) is 13.2. The van der Waals surface area contributed by atoms with E-state index in [-0.39, 0.29) is 6.04 Å². The third-order valence-corrected chi connectivity index (χ3v) is 3.93. The maximum Gasteiger partial charge on any atom is 0.0991 e. The Morgan fingerprint density at radius 3 is 2.63 bits per heavy atom. The standard InChI is InChI=1S/C16H16ClNO/c17-13-8-5-12(6-9-13)16(19)15-10-7-11-3-1-2-4-14(11)18-15/h1-6,8-9,15-16,18-19H,7,10H2. The number of hydrogen-bond donors (Lipinski definition) is 2. The van der Waals surface area contributed by atoms with Crippen molar-refractivity contribution in [1.82, 2.24) is 0 Å². The van der Waals surface area contributed by atoms with Gasteiger partial charge in [0, 0.05) is 10.7 Å². The molecule has 2 unspecified atom stereocenters. The number of aryl methyl sites for hydroxylation is 1. The van der Waals surface area contributed by atoms with Gasteiger partial charge in [-0.3, -0.25) is 0 Å². The second-order valence-corrected chi connectivity index (χ2v) is 5.38. The van der Waals surface area contributed by atoms with Crippen LogP contribution in [0.2, 0.25) is 5.02 Å². The summed E-state index contributed by atoms with van der Waals surface area (Å²) in [6, 6.07) is 15.7. The molecule has 0 fully saturated rings. The minimum atomic E-state index is -0.509. The normalized spacial score (nSPS) is 19.4. The maximum absolute atomic E-state index is 10.5. The molecule has 0 spiro atoms. The van der Waals surface area contributed by atoms with Crippen LogP contribution in [0.5, 0.6) is 0 Å². The van der Waals surface area contributed by atoms with Crippen LogP contribution in [-0.2, 0) is 6.42 Å². The number of halogens is 1. The van der Waals surface area contributed by atoms with Crippen molar-refractivity contribution in [3.8, 4) is 0 Å². The molecule has 98 valence electrons. The molecule has 0 aliphatic carbocycles. The highest BCUT2D eigenvalue weighted by molar-refractivity contribution is 6.30. The summed E-state index contributed by atoms with van der Waals surface area (Å²) in [5.74, 6) is 0. The molecule has 19 heavy (non-hydrogen) atoms. The quantitative estimate of drug-likeness (QED) is 0.872.